The molecule has 12 heavy (non-hydrogen) atoms. The van der Waals surface area contributed by atoms with E-state index in [2.05, 4.69) is 9.36 Å². The average Bonchev–Trinajstić information content (AvgIpc) is 2.35. The SMILES string of the molecule is CC(=O)C(C)Sc1nc(C)ns1. The van der Waals surface area contributed by atoms with Crippen LogP contribution >= 0.6 is 23.3 Å². The maximum atomic E-state index is 10.9. The Morgan fingerprint density at radius 1 is 1.67 bits per heavy atom. The van der Waals surface area contributed by atoms with Crippen LogP contribution in [0.5, 0.6) is 0 Å². The molecule has 0 amide bonds. The number of carbonyl (C=O) groups is 1. The van der Waals surface area contributed by atoms with Crippen molar-refractivity contribution >= 4 is 29.1 Å². The summed E-state index contributed by atoms with van der Waals surface area (Å²) < 4.78 is 4.90. The summed E-state index contributed by atoms with van der Waals surface area (Å²) in [4.78, 5) is 15.0. The van der Waals surface area contributed by atoms with Gasteiger partial charge in [-0.3, -0.25) is 4.79 Å². The van der Waals surface area contributed by atoms with Crippen molar-refractivity contribution in [1.82, 2.24) is 9.36 Å². The molecule has 0 N–H and O–H groups in total. The first-order valence-corrected chi connectivity index (χ1v) is 5.22. The molecule has 1 atom stereocenters. The molecule has 0 spiro atoms. The Balaban J connectivity index is 2.58. The summed E-state index contributed by atoms with van der Waals surface area (Å²) in [6, 6.07) is 0. The molecule has 0 bridgehead atoms. The number of hydrogen-bond donors (Lipinski definition) is 0. The van der Waals surface area contributed by atoms with E-state index in [1.165, 1.54) is 23.3 Å². The fourth-order valence-electron chi connectivity index (χ4n) is 0.560. The molecule has 0 fully saturated rings. The minimum atomic E-state index is -0.0163. The lowest BCUT2D eigenvalue weighted by Gasteiger charge is -2.01. The van der Waals surface area contributed by atoms with Crippen molar-refractivity contribution in [1.29, 1.82) is 0 Å². The van der Waals surface area contributed by atoms with Crippen LogP contribution in [0.15, 0.2) is 4.34 Å². The van der Waals surface area contributed by atoms with Crippen molar-refractivity contribution in [2.24, 2.45) is 0 Å². The van der Waals surface area contributed by atoms with Gasteiger partial charge < -0.3 is 0 Å². The quantitative estimate of drug-likeness (QED) is 0.702. The Morgan fingerprint density at radius 3 is 2.75 bits per heavy atom. The molecule has 1 aromatic rings. The molecule has 0 radical (unpaired) electrons. The van der Waals surface area contributed by atoms with Gasteiger partial charge in [0.05, 0.1) is 5.25 Å². The first kappa shape index (κ1) is 9.67. The molecule has 0 aliphatic carbocycles. The maximum absolute atomic E-state index is 10.9. The number of ketones is 1. The van der Waals surface area contributed by atoms with Crippen molar-refractivity contribution in [2.45, 2.75) is 30.4 Å². The van der Waals surface area contributed by atoms with Crippen molar-refractivity contribution in [3.05, 3.63) is 5.82 Å². The van der Waals surface area contributed by atoms with Gasteiger partial charge in [0.2, 0.25) is 0 Å². The topological polar surface area (TPSA) is 42.9 Å². The monoisotopic (exact) mass is 202 g/mol. The molecule has 0 saturated heterocycles. The lowest BCUT2D eigenvalue weighted by atomic mass is 10.3. The Hall–Kier alpha value is -0.420. The van der Waals surface area contributed by atoms with Crippen molar-refractivity contribution < 1.29 is 4.79 Å². The van der Waals surface area contributed by atoms with Gasteiger partial charge in [-0.25, -0.2) is 4.98 Å². The van der Waals surface area contributed by atoms with Crippen LogP contribution in [-0.2, 0) is 4.79 Å². The summed E-state index contributed by atoms with van der Waals surface area (Å²) in [5.74, 6) is 0.950. The Bertz CT molecular complexity index is 285. The molecule has 1 heterocycles. The third-order valence-corrected chi connectivity index (χ3v) is 3.45. The molecule has 0 aromatic carbocycles. The summed E-state index contributed by atoms with van der Waals surface area (Å²) in [6.07, 6.45) is 0. The van der Waals surface area contributed by atoms with Crippen LogP contribution in [0.2, 0.25) is 0 Å². The molecule has 0 aliphatic heterocycles. The van der Waals surface area contributed by atoms with E-state index in [1.807, 2.05) is 13.8 Å². The number of carbonyl (C=O) groups excluding carboxylic acids is 1. The lowest BCUT2D eigenvalue weighted by molar-refractivity contribution is -0.116. The van der Waals surface area contributed by atoms with Gasteiger partial charge in [-0.2, -0.15) is 4.37 Å². The zero-order chi connectivity index (χ0) is 9.14. The number of nitrogens with zero attached hydrogens (tertiary/aromatic N) is 2. The molecule has 5 heteroatoms. The predicted octanol–water partition coefficient (Wildman–Crippen LogP) is 1.92. The van der Waals surface area contributed by atoms with Gasteiger partial charge in [0.15, 0.2) is 4.34 Å². The van der Waals surface area contributed by atoms with Crippen molar-refractivity contribution in [3.63, 3.8) is 0 Å². The van der Waals surface area contributed by atoms with Crippen molar-refractivity contribution in [3.8, 4) is 0 Å². The number of aromatic nitrogens is 2. The standard InChI is InChI=1S/C7H10N2OS2/c1-4(10)5(2)11-7-8-6(3)9-12-7/h5H,1-3H3. The highest BCUT2D eigenvalue weighted by molar-refractivity contribution is 8.02. The summed E-state index contributed by atoms with van der Waals surface area (Å²) in [7, 11) is 0. The van der Waals surface area contributed by atoms with Gasteiger partial charge in [0.1, 0.15) is 11.6 Å². The smallest absolute Gasteiger partial charge is 0.170 e. The van der Waals surface area contributed by atoms with E-state index >= 15 is 0 Å². The maximum Gasteiger partial charge on any atom is 0.170 e. The van der Waals surface area contributed by atoms with Gasteiger partial charge in [0, 0.05) is 0 Å². The fourth-order valence-corrected chi connectivity index (χ4v) is 2.35. The fraction of sp³-hybridized carbons (Fsp3) is 0.571. The first-order valence-electron chi connectivity index (χ1n) is 3.57. The molecular weight excluding hydrogens is 192 g/mol. The minimum Gasteiger partial charge on any atom is -0.299 e. The number of thioether (sulfide) groups is 1. The highest BCUT2D eigenvalue weighted by atomic mass is 32.2. The Kier molecular flexibility index (Phi) is 3.22. The van der Waals surface area contributed by atoms with Crippen LogP contribution in [0, 0.1) is 6.92 Å². The highest BCUT2D eigenvalue weighted by Crippen LogP contribution is 2.24. The van der Waals surface area contributed by atoms with Gasteiger partial charge >= 0.3 is 0 Å². The summed E-state index contributed by atoms with van der Waals surface area (Å²) in [5, 5.41) is -0.0163. The number of aryl methyl sites for hydroxylation is 1. The normalized spacial score (nSPS) is 12.9. The van der Waals surface area contributed by atoms with E-state index in [-0.39, 0.29) is 11.0 Å². The third kappa shape index (κ3) is 2.57. The first-order chi connectivity index (χ1) is 5.59. The van der Waals surface area contributed by atoms with E-state index in [9.17, 15) is 4.79 Å². The number of hydrogen-bond acceptors (Lipinski definition) is 5. The highest BCUT2D eigenvalue weighted by Gasteiger charge is 2.11. The minimum absolute atomic E-state index is 0.0163. The molecular formula is C7H10N2OS2. The van der Waals surface area contributed by atoms with E-state index in [0.717, 1.165) is 10.2 Å². The van der Waals surface area contributed by atoms with Crippen LogP contribution in [0.1, 0.15) is 19.7 Å². The largest absolute Gasteiger partial charge is 0.299 e. The second kappa shape index (κ2) is 4.00. The van der Waals surface area contributed by atoms with Crippen LogP contribution in [-0.4, -0.2) is 20.4 Å². The van der Waals surface area contributed by atoms with E-state index in [4.69, 9.17) is 0 Å². The predicted molar refractivity (Wildman–Crippen MR) is 50.6 cm³/mol. The molecule has 1 unspecified atom stereocenters. The van der Waals surface area contributed by atoms with Gasteiger partial charge in [-0.1, -0.05) is 11.8 Å². The summed E-state index contributed by atoms with van der Waals surface area (Å²) in [6.45, 7) is 5.31. The molecule has 0 saturated carbocycles. The van der Waals surface area contributed by atoms with E-state index in [1.54, 1.807) is 6.92 Å². The number of Topliss-reactive ketones (excluding diaryl/α,β-unsaturated/α-hetero) is 1. The molecule has 66 valence electrons. The zero-order valence-corrected chi connectivity index (χ0v) is 8.83. The van der Waals surface area contributed by atoms with Gasteiger partial charge in [-0.15, -0.1) is 0 Å². The zero-order valence-electron chi connectivity index (χ0n) is 7.20. The summed E-state index contributed by atoms with van der Waals surface area (Å²) in [5.41, 5.74) is 0. The van der Waals surface area contributed by atoms with Crippen LogP contribution < -0.4 is 0 Å². The molecule has 3 nitrogen and oxygen atoms in total. The molecule has 1 aromatic heterocycles. The third-order valence-electron chi connectivity index (χ3n) is 1.36. The second-order valence-electron chi connectivity index (χ2n) is 2.48. The second-order valence-corrected chi connectivity index (χ2v) is 4.82. The Labute approximate surface area is 79.8 Å². The summed E-state index contributed by atoms with van der Waals surface area (Å²) >= 11 is 2.81. The number of rotatable bonds is 3. The Morgan fingerprint density at radius 2 is 2.33 bits per heavy atom. The molecule has 0 aliphatic rings. The van der Waals surface area contributed by atoms with E-state index in [0.29, 0.717) is 0 Å². The van der Waals surface area contributed by atoms with E-state index < -0.39 is 0 Å². The average molecular weight is 202 g/mol. The van der Waals surface area contributed by atoms with Crippen molar-refractivity contribution in [2.75, 3.05) is 0 Å². The van der Waals surface area contributed by atoms with Crippen LogP contribution in [0.4, 0.5) is 0 Å². The van der Waals surface area contributed by atoms with Crippen LogP contribution in [0.3, 0.4) is 0 Å². The van der Waals surface area contributed by atoms with Gasteiger partial charge in [-0.05, 0) is 32.3 Å². The van der Waals surface area contributed by atoms with Gasteiger partial charge in [0.25, 0.3) is 0 Å². The van der Waals surface area contributed by atoms with Crippen LogP contribution in [0.25, 0.3) is 0 Å². The molecule has 1 rings (SSSR count). The lowest BCUT2D eigenvalue weighted by Crippen LogP contribution is -2.07.